The number of aliphatic imine (C=N–C) groups is 1. The molecule has 92 valence electrons. The minimum atomic E-state index is -0.309. The summed E-state index contributed by atoms with van der Waals surface area (Å²) in [5.74, 6) is 0.703. The second-order valence-corrected chi connectivity index (χ2v) is 3.84. The molecular formula is C14H19NO2. The van der Waals surface area contributed by atoms with E-state index in [1.165, 1.54) is 0 Å². The van der Waals surface area contributed by atoms with Gasteiger partial charge < -0.3 is 4.42 Å². The Morgan fingerprint density at radius 1 is 1.35 bits per heavy atom. The van der Waals surface area contributed by atoms with Gasteiger partial charge in [0, 0.05) is 6.21 Å². The second kappa shape index (κ2) is 5.62. The molecule has 1 rings (SSSR count). The van der Waals surface area contributed by atoms with Crippen molar-refractivity contribution in [2.75, 3.05) is 0 Å². The zero-order valence-electron chi connectivity index (χ0n) is 11.1. The molecule has 3 nitrogen and oxygen atoms in total. The van der Waals surface area contributed by atoms with Gasteiger partial charge in [-0.3, -0.25) is 4.99 Å². The van der Waals surface area contributed by atoms with Gasteiger partial charge in [0.05, 0.1) is 11.3 Å². The average molecular weight is 233 g/mol. The highest BCUT2D eigenvalue weighted by molar-refractivity contribution is 5.74. The maximum Gasteiger partial charge on any atom is 0.345 e. The Morgan fingerprint density at radius 3 is 2.47 bits per heavy atom. The summed E-state index contributed by atoms with van der Waals surface area (Å²) < 4.78 is 5.27. The molecule has 0 fully saturated rings. The van der Waals surface area contributed by atoms with E-state index < -0.39 is 0 Å². The Morgan fingerprint density at radius 2 is 2.00 bits per heavy atom. The largest absolute Gasteiger partial charge is 0.427 e. The molecule has 0 atom stereocenters. The van der Waals surface area contributed by atoms with Gasteiger partial charge in [-0.1, -0.05) is 13.0 Å². The number of nitrogens with zero attached hydrogens (tertiary/aromatic N) is 1. The van der Waals surface area contributed by atoms with Gasteiger partial charge in [-0.2, -0.15) is 0 Å². The van der Waals surface area contributed by atoms with E-state index in [0.29, 0.717) is 17.0 Å². The van der Waals surface area contributed by atoms with E-state index in [-0.39, 0.29) is 5.63 Å². The molecule has 0 aliphatic carbocycles. The van der Waals surface area contributed by atoms with Crippen LogP contribution >= 0.6 is 0 Å². The molecule has 0 N–H and O–H groups in total. The van der Waals surface area contributed by atoms with E-state index in [1.54, 1.807) is 6.21 Å². The Hall–Kier alpha value is -1.64. The monoisotopic (exact) mass is 233 g/mol. The van der Waals surface area contributed by atoms with Crippen LogP contribution in [0.25, 0.3) is 5.70 Å². The van der Waals surface area contributed by atoms with Crippen molar-refractivity contribution in [2.45, 2.75) is 41.0 Å². The van der Waals surface area contributed by atoms with E-state index in [9.17, 15) is 4.79 Å². The quantitative estimate of drug-likeness (QED) is 0.752. The average Bonchev–Trinajstić information content (AvgIpc) is 2.27. The highest BCUT2D eigenvalue weighted by Gasteiger charge is 2.15. The van der Waals surface area contributed by atoms with E-state index in [0.717, 1.165) is 17.5 Å². The molecule has 0 aliphatic rings. The zero-order chi connectivity index (χ0) is 13.0. The first kappa shape index (κ1) is 13.4. The Kier molecular flexibility index (Phi) is 4.44. The Labute approximate surface area is 102 Å². The molecule has 0 amide bonds. The van der Waals surface area contributed by atoms with Crippen LogP contribution in [0.4, 0.5) is 0 Å². The van der Waals surface area contributed by atoms with Crippen LogP contribution in [0, 0.1) is 13.8 Å². The molecule has 0 aliphatic heterocycles. The minimum Gasteiger partial charge on any atom is -0.427 e. The number of rotatable bonds is 3. The van der Waals surface area contributed by atoms with Crippen molar-refractivity contribution in [3.05, 3.63) is 38.9 Å². The molecule has 3 heteroatoms. The van der Waals surface area contributed by atoms with E-state index in [4.69, 9.17) is 4.42 Å². The smallest absolute Gasteiger partial charge is 0.345 e. The van der Waals surface area contributed by atoms with Crippen molar-refractivity contribution < 1.29 is 4.42 Å². The predicted molar refractivity (Wildman–Crippen MR) is 71.6 cm³/mol. The highest BCUT2D eigenvalue weighted by Crippen LogP contribution is 2.22. The lowest BCUT2D eigenvalue weighted by atomic mass is 10.00. The second-order valence-electron chi connectivity index (χ2n) is 3.84. The van der Waals surface area contributed by atoms with Crippen molar-refractivity contribution in [2.24, 2.45) is 4.99 Å². The maximum atomic E-state index is 11.9. The minimum absolute atomic E-state index is 0.309. The Balaban J connectivity index is 3.59. The van der Waals surface area contributed by atoms with Crippen molar-refractivity contribution in [3.63, 3.8) is 0 Å². The van der Waals surface area contributed by atoms with E-state index >= 15 is 0 Å². The summed E-state index contributed by atoms with van der Waals surface area (Å²) in [6.07, 6.45) is 4.36. The molecular weight excluding hydrogens is 214 g/mol. The van der Waals surface area contributed by atoms with Crippen molar-refractivity contribution in [1.29, 1.82) is 0 Å². The van der Waals surface area contributed by atoms with Gasteiger partial charge in [0.15, 0.2) is 0 Å². The van der Waals surface area contributed by atoms with Crippen LogP contribution in [0.2, 0.25) is 0 Å². The summed E-state index contributed by atoms with van der Waals surface area (Å²) in [5, 5.41) is 0. The summed E-state index contributed by atoms with van der Waals surface area (Å²) in [6, 6.07) is 0. The van der Waals surface area contributed by atoms with Crippen LogP contribution in [-0.2, 0) is 6.42 Å². The van der Waals surface area contributed by atoms with Gasteiger partial charge in [0.25, 0.3) is 0 Å². The fourth-order valence-corrected chi connectivity index (χ4v) is 2.05. The standard InChI is InChI=1S/C14H19NO2/c1-6-11-9(4)13(12(7-2)15-8-3)14(16)17-10(11)5/h7-8H,6H2,1-5H3/b12-7-,15-8?. The van der Waals surface area contributed by atoms with Crippen LogP contribution in [0.15, 0.2) is 20.3 Å². The topological polar surface area (TPSA) is 42.6 Å². The first-order valence-electron chi connectivity index (χ1n) is 5.85. The third-order valence-electron chi connectivity index (χ3n) is 2.85. The summed E-state index contributed by atoms with van der Waals surface area (Å²) in [7, 11) is 0. The normalized spacial score (nSPS) is 12.4. The first-order chi connectivity index (χ1) is 8.06. The van der Waals surface area contributed by atoms with Gasteiger partial charge in [-0.25, -0.2) is 4.79 Å². The van der Waals surface area contributed by atoms with Gasteiger partial charge in [0.1, 0.15) is 5.76 Å². The van der Waals surface area contributed by atoms with Crippen LogP contribution in [0.5, 0.6) is 0 Å². The molecule has 0 bridgehead atoms. The fourth-order valence-electron chi connectivity index (χ4n) is 2.05. The van der Waals surface area contributed by atoms with Crippen LogP contribution in [0.3, 0.4) is 0 Å². The molecule has 0 saturated carbocycles. The van der Waals surface area contributed by atoms with Crippen LogP contribution in [-0.4, -0.2) is 6.21 Å². The molecule has 17 heavy (non-hydrogen) atoms. The SMILES string of the molecule is CC=N/C(=C\C)c1c(C)c(CC)c(C)oc1=O. The number of hydrogen-bond acceptors (Lipinski definition) is 3. The van der Waals surface area contributed by atoms with Gasteiger partial charge in [-0.15, -0.1) is 0 Å². The summed E-state index contributed by atoms with van der Waals surface area (Å²) in [5.41, 5.74) is 3.00. The van der Waals surface area contributed by atoms with Crippen molar-refractivity contribution in [3.8, 4) is 0 Å². The van der Waals surface area contributed by atoms with E-state index in [2.05, 4.69) is 11.9 Å². The maximum absolute atomic E-state index is 11.9. The van der Waals surface area contributed by atoms with Gasteiger partial charge >= 0.3 is 5.63 Å². The number of allylic oxidation sites excluding steroid dienone is 1. The zero-order valence-corrected chi connectivity index (χ0v) is 11.1. The fraction of sp³-hybridized carbons (Fsp3) is 0.429. The molecule has 0 radical (unpaired) electrons. The lowest BCUT2D eigenvalue weighted by molar-refractivity contribution is 0.469. The molecule has 0 unspecified atom stereocenters. The molecule has 0 aromatic carbocycles. The Bertz CT molecular complexity index is 522. The molecule has 1 aromatic rings. The summed E-state index contributed by atoms with van der Waals surface area (Å²) >= 11 is 0. The number of aryl methyl sites for hydroxylation is 1. The first-order valence-corrected chi connectivity index (χ1v) is 5.85. The van der Waals surface area contributed by atoms with Crippen molar-refractivity contribution in [1.82, 2.24) is 0 Å². The van der Waals surface area contributed by atoms with Crippen LogP contribution < -0.4 is 5.63 Å². The molecule has 0 saturated heterocycles. The van der Waals surface area contributed by atoms with Crippen LogP contribution in [0.1, 0.15) is 43.2 Å². The van der Waals surface area contributed by atoms with Gasteiger partial charge in [0.2, 0.25) is 0 Å². The van der Waals surface area contributed by atoms with E-state index in [1.807, 2.05) is 33.8 Å². The predicted octanol–water partition coefficient (Wildman–Crippen LogP) is 3.27. The lowest BCUT2D eigenvalue weighted by Gasteiger charge is -2.11. The molecule has 0 spiro atoms. The molecule has 1 heterocycles. The summed E-state index contributed by atoms with van der Waals surface area (Å²) in [4.78, 5) is 16.1. The van der Waals surface area contributed by atoms with Gasteiger partial charge in [-0.05, 0) is 45.2 Å². The third kappa shape index (κ3) is 2.54. The highest BCUT2D eigenvalue weighted by atomic mass is 16.4. The lowest BCUT2D eigenvalue weighted by Crippen LogP contribution is -2.12. The van der Waals surface area contributed by atoms with Crippen molar-refractivity contribution >= 4 is 11.9 Å². The summed E-state index contributed by atoms with van der Waals surface area (Å²) in [6.45, 7) is 9.53. The number of hydrogen-bond donors (Lipinski definition) is 0. The third-order valence-corrected chi connectivity index (χ3v) is 2.85. The molecule has 1 aromatic heterocycles.